The molecular formula is C22H32N2O4. The van der Waals surface area contributed by atoms with Crippen molar-refractivity contribution in [1.29, 1.82) is 0 Å². The Kier molecular flexibility index (Phi) is 6.28. The summed E-state index contributed by atoms with van der Waals surface area (Å²) in [6, 6.07) is 7.80. The molecule has 2 heterocycles. The van der Waals surface area contributed by atoms with Crippen LogP contribution in [0.5, 0.6) is 5.75 Å². The van der Waals surface area contributed by atoms with Crippen molar-refractivity contribution in [1.82, 2.24) is 9.80 Å². The molecule has 6 heteroatoms. The Labute approximate surface area is 167 Å². The molecule has 154 valence electrons. The predicted octanol–water partition coefficient (Wildman–Crippen LogP) is 3.74. The van der Waals surface area contributed by atoms with E-state index in [0.717, 1.165) is 44.6 Å². The van der Waals surface area contributed by atoms with Crippen molar-refractivity contribution in [3.05, 3.63) is 29.8 Å². The number of likely N-dealkylation sites (tertiary alicyclic amines) is 1. The number of rotatable bonds is 6. The third-order valence-corrected chi connectivity index (χ3v) is 5.31. The molecule has 0 spiro atoms. The van der Waals surface area contributed by atoms with Gasteiger partial charge in [-0.25, -0.2) is 4.79 Å². The number of hydrogen-bond acceptors (Lipinski definition) is 5. The molecule has 0 saturated carbocycles. The van der Waals surface area contributed by atoms with Crippen LogP contribution in [0.2, 0.25) is 0 Å². The van der Waals surface area contributed by atoms with Crippen molar-refractivity contribution in [2.24, 2.45) is 0 Å². The lowest BCUT2D eigenvalue weighted by Crippen LogP contribution is -2.56. The first-order valence-corrected chi connectivity index (χ1v) is 10.2. The van der Waals surface area contributed by atoms with E-state index < -0.39 is 5.60 Å². The number of nitrogens with zero attached hydrogens (tertiary/aromatic N) is 2. The number of Topliss-reactive ketones (excluding diaryl/α,β-unsaturated/α-hetero) is 1. The highest BCUT2D eigenvalue weighted by Crippen LogP contribution is 2.31. The van der Waals surface area contributed by atoms with Gasteiger partial charge >= 0.3 is 6.09 Å². The maximum atomic E-state index is 12.5. The van der Waals surface area contributed by atoms with Crippen molar-refractivity contribution >= 4 is 11.9 Å². The fourth-order valence-electron chi connectivity index (χ4n) is 4.05. The summed E-state index contributed by atoms with van der Waals surface area (Å²) in [4.78, 5) is 28.2. The summed E-state index contributed by atoms with van der Waals surface area (Å²) in [5, 5.41) is 0. The number of ether oxygens (including phenoxy) is 2. The van der Waals surface area contributed by atoms with E-state index in [4.69, 9.17) is 9.47 Å². The monoisotopic (exact) mass is 388 g/mol. The van der Waals surface area contributed by atoms with Gasteiger partial charge in [0.15, 0.2) is 5.78 Å². The Balaban J connectivity index is 1.41. The zero-order valence-corrected chi connectivity index (χ0v) is 17.4. The second-order valence-electron chi connectivity index (χ2n) is 8.81. The van der Waals surface area contributed by atoms with Crippen LogP contribution in [0.3, 0.4) is 0 Å². The molecule has 2 fully saturated rings. The standard InChI is InChI=1S/C22H32N2O4/c1-16(25)17-6-10-20(11-7-17)27-13-5-12-23-14-18-8-9-19(15-23)24(18)21(26)28-22(2,3)4/h6-7,10-11,18-19H,5,8-9,12-15H2,1-4H3. The topological polar surface area (TPSA) is 59.1 Å². The molecule has 1 aromatic rings. The van der Waals surface area contributed by atoms with Crippen molar-refractivity contribution in [3.63, 3.8) is 0 Å². The minimum absolute atomic E-state index is 0.0618. The highest BCUT2D eigenvalue weighted by molar-refractivity contribution is 5.94. The Morgan fingerprint density at radius 2 is 1.68 bits per heavy atom. The molecule has 2 saturated heterocycles. The highest BCUT2D eigenvalue weighted by atomic mass is 16.6. The molecular weight excluding hydrogens is 356 g/mol. The molecule has 0 N–H and O–H groups in total. The van der Waals surface area contributed by atoms with Gasteiger partial charge < -0.3 is 9.47 Å². The molecule has 28 heavy (non-hydrogen) atoms. The van der Waals surface area contributed by atoms with Crippen LogP contribution in [0.25, 0.3) is 0 Å². The Morgan fingerprint density at radius 3 is 2.21 bits per heavy atom. The van der Waals surface area contributed by atoms with Gasteiger partial charge in [0.25, 0.3) is 0 Å². The van der Waals surface area contributed by atoms with E-state index in [-0.39, 0.29) is 24.0 Å². The summed E-state index contributed by atoms with van der Waals surface area (Å²) in [6.07, 6.45) is 2.87. The fourth-order valence-corrected chi connectivity index (χ4v) is 4.05. The van der Waals surface area contributed by atoms with Crippen LogP contribution in [-0.4, -0.2) is 65.6 Å². The smallest absolute Gasteiger partial charge is 0.410 e. The van der Waals surface area contributed by atoms with Crippen LogP contribution in [0.4, 0.5) is 4.79 Å². The van der Waals surface area contributed by atoms with E-state index in [9.17, 15) is 9.59 Å². The van der Waals surface area contributed by atoms with Crippen molar-refractivity contribution in [2.45, 2.75) is 64.6 Å². The molecule has 0 aliphatic carbocycles. The minimum Gasteiger partial charge on any atom is -0.494 e. The van der Waals surface area contributed by atoms with Gasteiger partial charge in [0.05, 0.1) is 6.61 Å². The van der Waals surface area contributed by atoms with Gasteiger partial charge in [-0.2, -0.15) is 0 Å². The van der Waals surface area contributed by atoms with Crippen LogP contribution >= 0.6 is 0 Å². The van der Waals surface area contributed by atoms with Gasteiger partial charge in [-0.3, -0.25) is 14.6 Å². The minimum atomic E-state index is -0.451. The number of hydrogen-bond donors (Lipinski definition) is 0. The summed E-state index contributed by atoms with van der Waals surface area (Å²) in [7, 11) is 0. The summed E-state index contributed by atoms with van der Waals surface area (Å²) in [5.74, 6) is 0.853. The van der Waals surface area contributed by atoms with Crippen LogP contribution < -0.4 is 4.74 Å². The second-order valence-corrected chi connectivity index (χ2v) is 8.81. The average molecular weight is 389 g/mol. The van der Waals surface area contributed by atoms with Crippen molar-refractivity contribution < 1.29 is 19.1 Å². The summed E-state index contributed by atoms with van der Waals surface area (Å²) in [5.41, 5.74) is 0.249. The van der Waals surface area contributed by atoms with Crippen LogP contribution in [0, 0.1) is 0 Å². The first kappa shape index (κ1) is 20.6. The van der Waals surface area contributed by atoms with Crippen molar-refractivity contribution in [2.75, 3.05) is 26.2 Å². The largest absolute Gasteiger partial charge is 0.494 e. The Hall–Kier alpha value is -2.08. The van der Waals surface area contributed by atoms with Crippen LogP contribution in [0.1, 0.15) is 57.3 Å². The van der Waals surface area contributed by atoms with Gasteiger partial charge in [-0.1, -0.05) is 0 Å². The normalized spacial score (nSPS) is 22.2. The van der Waals surface area contributed by atoms with Crippen LogP contribution in [0.15, 0.2) is 24.3 Å². The maximum Gasteiger partial charge on any atom is 0.410 e. The number of carbonyl (C=O) groups excluding carboxylic acids is 2. The second kappa shape index (κ2) is 8.52. The van der Waals surface area contributed by atoms with Gasteiger partial charge in [0.2, 0.25) is 0 Å². The summed E-state index contributed by atoms with van der Waals surface area (Å²) >= 11 is 0. The number of benzene rings is 1. The lowest BCUT2D eigenvalue weighted by Gasteiger charge is -2.41. The molecule has 1 amide bonds. The van der Waals surface area contributed by atoms with Crippen molar-refractivity contribution in [3.8, 4) is 5.75 Å². The number of carbonyl (C=O) groups is 2. The zero-order valence-electron chi connectivity index (χ0n) is 17.4. The molecule has 0 aromatic heterocycles. The first-order valence-electron chi connectivity index (χ1n) is 10.2. The van der Waals surface area contributed by atoms with Gasteiger partial charge in [0, 0.05) is 37.3 Å². The third kappa shape index (κ3) is 5.25. The number of amides is 1. The molecule has 6 nitrogen and oxygen atoms in total. The SMILES string of the molecule is CC(=O)c1ccc(OCCCN2CC3CCC(C2)N3C(=O)OC(C)(C)C)cc1. The molecule has 3 rings (SSSR count). The molecule has 2 unspecified atom stereocenters. The highest BCUT2D eigenvalue weighted by Gasteiger charge is 2.43. The Morgan fingerprint density at radius 1 is 1.07 bits per heavy atom. The van der Waals surface area contributed by atoms with E-state index >= 15 is 0 Å². The zero-order chi connectivity index (χ0) is 20.3. The lowest BCUT2D eigenvalue weighted by atomic mass is 10.1. The molecule has 2 aliphatic rings. The molecule has 2 atom stereocenters. The van der Waals surface area contributed by atoms with E-state index in [0.29, 0.717) is 12.2 Å². The molecule has 0 radical (unpaired) electrons. The third-order valence-electron chi connectivity index (χ3n) is 5.31. The van der Waals surface area contributed by atoms with Crippen LogP contribution in [-0.2, 0) is 4.74 Å². The fraction of sp³-hybridized carbons (Fsp3) is 0.636. The number of piperazine rings is 1. The summed E-state index contributed by atoms with van der Waals surface area (Å²) in [6.45, 7) is 10.7. The van der Waals surface area contributed by atoms with E-state index in [1.165, 1.54) is 0 Å². The van der Waals surface area contributed by atoms with E-state index in [2.05, 4.69) is 4.90 Å². The maximum absolute atomic E-state index is 12.5. The summed E-state index contributed by atoms with van der Waals surface area (Å²) < 4.78 is 11.4. The van der Waals surface area contributed by atoms with E-state index in [1.807, 2.05) is 37.8 Å². The molecule has 2 bridgehead atoms. The molecule has 1 aromatic carbocycles. The average Bonchev–Trinajstić information content (AvgIpc) is 2.89. The first-order chi connectivity index (χ1) is 13.2. The number of fused-ring (bicyclic) bond motifs is 2. The Bertz CT molecular complexity index is 681. The molecule has 2 aliphatic heterocycles. The predicted molar refractivity (Wildman–Crippen MR) is 108 cm³/mol. The number of ketones is 1. The quantitative estimate of drug-likeness (QED) is 0.549. The lowest BCUT2D eigenvalue weighted by molar-refractivity contribution is -0.00484. The van der Waals surface area contributed by atoms with E-state index in [1.54, 1.807) is 19.1 Å². The van der Waals surface area contributed by atoms with Gasteiger partial charge in [0.1, 0.15) is 11.4 Å². The van der Waals surface area contributed by atoms with Gasteiger partial charge in [-0.05, 0) is 71.2 Å². The van der Waals surface area contributed by atoms with Gasteiger partial charge in [-0.15, -0.1) is 0 Å².